The van der Waals surface area contributed by atoms with Crippen LogP contribution in [-0.2, 0) is 27.2 Å². The number of carbonyl (C=O) groups is 1. The largest absolute Gasteiger partial charge is 0.351 e. The maximum Gasteiger partial charge on any atom is 0.237 e. The van der Waals surface area contributed by atoms with E-state index in [1.165, 1.54) is 0 Å². The summed E-state index contributed by atoms with van der Waals surface area (Å²) >= 11 is 0. The highest BCUT2D eigenvalue weighted by Crippen LogP contribution is 2.35. The molecular formula is C26H30N2O3. The summed E-state index contributed by atoms with van der Waals surface area (Å²) < 4.78 is 12.0. The molecule has 1 amide bonds. The maximum atomic E-state index is 12.6. The van der Waals surface area contributed by atoms with Crippen LogP contribution >= 0.6 is 0 Å². The monoisotopic (exact) mass is 418 g/mol. The van der Waals surface area contributed by atoms with Gasteiger partial charge in [-0.1, -0.05) is 80.6 Å². The topological polar surface area (TPSA) is 73.6 Å². The fourth-order valence-corrected chi connectivity index (χ4v) is 3.89. The van der Waals surface area contributed by atoms with Crippen molar-refractivity contribution >= 4 is 16.7 Å². The maximum absolute atomic E-state index is 12.6. The first-order valence-corrected chi connectivity index (χ1v) is 10.7. The molecule has 0 bridgehead atoms. The van der Waals surface area contributed by atoms with E-state index in [4.69, 9.17) is 15.2 Å². The highest BCUT2D eigenvalue weighted by atomic mass is 16.7. The van der Waals surface area contributed by atoms with Crippen LogP contribution in [0.2, 0.25) is 0 Å². The predicted molar refractivity (Wildman–Crippen MR) is 122 cm³/mol. The van der Waals surface area contributed by atoms with E-state index in [2.05, 4.69) is 31.3 Å². The molecule has 0 aliphatic carbocycles. The Morgan fingerprint density at radius 1 is 1.00 bits per heavy atom. The van der Waals surface area contributed by atoms with Crippen molar-refractivity contribution in [1.29, 1.82) is 0 Å². The summed E-state index contributed by atoms with van der Waals surface area (Å²) in [5.74, 6) is -0.154. The Labute approximate surface area is 183 Å². The van der Waals surface area contributed by atoms with Gasteiger partial charge >= 0.3 is 0 Å². The number of nitrogens with one attached hydrogen (secondary N) is 1. The predicted octanol–water partition coefficient (Wildman–Crippen LogP) is 4.10. The number of hydrogen-bond acceptors (Lipinski definition) is 4. The van der Waals surface area contributed by atoms with Gasteiger partial charge in [-0.2, -0.15) is 0 Å². The molecule has 3 N–H and O–H groups in total. The minimum Gasteiger partial charge on any atom is -0.351 e. The first kappa shape index (κ1) is 21.5. The van der Waals surface area contributed by atoms with E-state index in [1.807, 2.05) is 54.6 Å². The minimum absolute atomic E-state index is 0.0229. The van der Waals surface area contributed by atoms with Gasteiger partial charge in [-0.05, 0) is 28.3 Å². The quantitative estimate of drug-likeness (QED) is 0.632. The summed E-state index contributed by atoms with van der Waals surface area (Å²) in [7, 11) is 0. The lowest BCUT2D eigenvalue weighted by Crippen LogP contribution is -2.41. The van der Waals surface area contributed by atoms with E-state index in [0.29, 0.717) is 26.2 Å². The van der Waals surface area contributed by atoms with Crippen LogP contribution in [-0.4, -0.2) is 25.2 Å². The van der Waals surface area contributed by atoms with Crippen LogP contribution in [0.3, 0.4) is 0 Å². The van der Waals surface area contributed by atoms with Gasteiger partial charge in [0.05, 0.1) is 19.3 Å². The molecule has 0 saturated carbocycles. The Balaban J connectivity index is 1.47. The molecular weight excluding hydrogens is 388 g/mol. The van der Waals surface area contributed by atoms with E-state index in [0.717, 1.165) is 27.5 Å². The fourth-order valence-electron chi connectivity index (χ4n) is 3.89. The average molecular weight is 419 g/mol. The Kier molecular flexibility index (Phi) is 6.37. The second-order valence-electron chi connectivity index (χ2n) is 8.99. The molecule has 1 aliphatic rings. The normalized spacial score (nSPS) is 17.4. The first-order chi connectivity index (χ1) is 14.9. The molecule has 0 spiro atoms. The van der Waals surface area contributed by atoms with Crippen molar-refractivity contribution in [2.45, 2.75) is 39.1 Å². The number of fused-ring (bicyclic) bond motifs is 1. The van der Waals surface area contributed by atoms with E-state index >= 15 is 0 Å². The second-order valence-corrected chi connectivity index (χ2v) is 8.99. The molecule has 31 heavy (non-hydrogen) atoms. The molecule has 4 rings (SSSR count). The third kappa shape index (κ3) is 5.13. The number of nitrogens with two attached hydrogens (primary N) is 1. The van der Waals surface area contributed by atoms with Gasteiger partial charge in [-0.3, -0.25) is 4.79 Å². The molecule has 1 heterocycles. The SMILES string of the molecule is CC1(C)COC(c2ccc(CNC(=O)[C@@H](N)Cc3ccccc3)c3ccccc23)OC1. The van der Waals surface area contributed by atoms with Crippen LogP contribution in [0.5, 0.6) is 0 Å². The Bertz CT molecular complexity index is 1040. The third-order valence-electron chi connectivity index (χ3n) is 5.64. The van der Waals surface area contributed by atoms with Gasteiger partial charge in [0.25, 0.3) is 0 Å². The van der Waals surface area contributed by atoms with Crippen molar-refractivity contribution < 1.29 is 14.3 Å². The smallest absolute Gasteiger partial charge is 0.237 e. The molecule has 5 heteroatoms. The van der Waals surface area contributed by atoms with E-state index in [-0.39, 0.29) is 17.6 Å². The van der Waals surface area contributed by atoms with Crippen molar-refractivity contribution in [2.24, 2.45) is 11.1 Å². The number of ether oxygens (including phenoxy) is 2. The zero-order valence-corrected chi connectivity index (χ0v) is 18.1. The number of hydrogen-bond donors (Lipinski definition) is 2. The van der Waals surface area contributed by atoms with Crippen molar-refractivity contribution in [3.05, 3.63) is 83.4 Å². The van der Waals surface area contributed by atoms with Crippen LogP contribution in [0.15, 0.2) is 66.7 Å². The van der Waals surface area contributed by atoms with Crippen LogP contribution < -0.4 is 11.1 Å². The summed E-state index contributed by atoms with van der Waals surface area (Å²) in [5.41, 5.74) is 9.25. The van der Waals surface area contributed by atoms with Gasteiger partial charge in [-0.25, -0.2) is 0 Å². The van der Waals surface area contributed by atoms with Crippen LogP contribution in [0.4, 0.5) is 0 Å². The van der Waals surface area contributed by atoms with Crippen LogP contribution in [0.1, 0.15) is 36.8 Å². The Morgan fingerprint density at radius 2 is 1.65 bits per heavy atom. The van der Waals surface area contributed by atoms with Crippen molar-refractivity contribution in [3.8, 4) is 0 Å². The average Bonchev–Trinajstić information content (AvgIpc) is 2.78. The van der Waals surface area contributed by atoms with E-state index < -0.39 is 6.04 Å². The van der Waals surface area contributed by atoms with E-state index in [9.17, 15) is 4.79 Å². The summed E-state index contributed by atoms with van der Waals surface area (Å²) in [6, 6.07) is 21.5. The minimum atomic E-state index is -0.583. The third-order valence-corrected chi connectivity index (χ3v) is 5.64. The lowest BCUT2D eigenvalue weighted by Gasteiger charge is -2.35. The molecule has 1 aliphatic heterocycles. The van der Waals surface area contributed by atoms with Gasteiger partial charge in [0, 0.05) is 17.5 Å². The standard InChI is InChI=1S/C26H30N2O3/c1-26(2)16-30-25(31-17-26)22-13-12-19(20-10-6-7-11-21(20)22)15-28-24(29)23(27)14-18-8-4-3-5-9-18/h3-13,23,25H,14-17,27H2,1-2H3,(H,28,29)/t23-/m0/s1. The Morgan fingerprint density at radius 3 is 2.35 bits per heavy atom. The molecule has 3 aromatic carbocycles. The molecule has 1 saturated heterocycles. The van der Waals surface area contributed by atoms with Crippen molar-refractivity contribution in [3.63, 3.8) is 0 Å². The molecule has 1 fully saturated rings. The number of amides is 1. The van der Waals surface area contributed by atoms with Crippen LogP contribution in [0.25, 0.3) is 10.8 Å². The number of rotatable bonds is 6. The van der Waals surface area contributed by atoms with Gasteiger partial charge < -0.3 is 20.5 Å². The van der Waals surface area contributed by atoms with Crippen molar-refractivity contribution in [2.75, 3.05) is 13.2 Å². The highest BCUT2D eigenvalue weighted by Gasteiger charge is 2.30. The summed E-state index contributed by atoms with van der Waals surface area (Å²) in [5, 5.41) is 5.15. The molecule has 1 atom stereocenters. The first-order valence-electron chi connectivity index (χ1n) is 10.7. The molecule has 3 aromatic rings. The van der Waals surface area contributed by atoms with Gasteiger partial charge in [0.15, 0.2) is 6.29 Å². The molecule has 0 radical (unpaired) electrons. The molecule has 162 valence electrons. The summed E-state index contributed by atoms with van der Waals surface area (Å²) in [6.07, 6.45) is 0.139. The number of benzene rings is 3. The number of carbonyl (C=O) groups excluding carboxylic acids is 1. The molecule has 0 unspecified atom stereocenters. The van der Waals surface area contributed by atoms with E-state index in [1.54, 1.807) is 0 Å². The second kappa shape index (κ2) is 9.18. The molecule has 5 nitrogen and oxygen atoms in total. The molecule has 0 aromatic heterocycles. The summed E-state index contributed by atoms with van der Waals surface area (Å²) in [4.78, 5) is 12.6. The Hall–Kier alpha value is -2.73. The fraction of sp³-hybridized carbons (Fsp3) is 0.346. The van der Waals surface area contributed by atoms with Crippen molar-refractivity contribution in [1.82, 2.24) is 5.32 Å². The van der Waals surface area contributed by atoms with Gasteiger partial charge in [0.2, 0.25) is 5.91 Å². The zero-order chi connectivity index (χ0) is 21.8. The van der Waals surface area contributed by atoms with Gasteiger partial charge in [-0.15, -0.1) is 0 Å². The highest BCUT2D eigenvalue weighted by molar-refractivity contribution is 5.89. The summed E-state index contributed by atoms with van der Waals surface area (Å²) in [6.45, 7) is 6.00. The lowest BCUT2D eigenvalue weighted by molar-refractivity contribution is -0.225. The lowest BCUT2D eigenvalue weighted by atomic mass is 9.94. The van der Waals surface area contributed by atoms with Crippen LogP contribution in [0, 0.1) is 5.41 Å². The van der Waals surface area contributed by atoms with Gasteiger partial charge in [0.1, 0.15) is 0 Å². The zero-order valence-electron chi connectivity index (χ0n) is 18.1.